The molecule has 1 fully saturated rings. The molecule has 5 heteroatoms. The van der Waals surface area contributed by atoms with Crippen LogP contribution in [-0.4, -0.2) is 42.9 Å². The number of aryl methyl sites for hydroxylation is 2. The van der Waals surface area contributed by atoms with Gasteiger partial charge in [-0.25, -0.2) is 0 Å². The number of piperazine rings is 1. The fraction of sp³-hybridized carbons (Fsp3) is 0.231. The number of rotatable bonds is 4. The number of hydrogen-bond acceptors (Lipinski definition) is 3. The third kappa shape index (κ3) is 4.77. The lowest BCUT2D eigenvalue weighted by Gasteiger charge is -2.36. The molecule has 1 aliphatic heterocycles. The Balaban J connectivity index is 1.35. The van der Waals surface area contributed by atoms with Gasteiger partial charge in [0.1, 0.15) is 0 Å². The van der Waals surface area contributed by atoms with Crippen molar-refractivity contribution in [1.82, 2.24) is 4.90 Å². The molecule has 0 atom stereocenters. The van der Waals surface area contributed by atoms with E-state index in [-0.39, 0.29) is 11.8 Å². The van der Waals surface area contributed by atoms with Crippen molar-refractivity contribution < 1.29 is 9.59 Å². The second kappa shape index (κ2) is 9.04. The van der Waals surface area contributed by atoms with Crippen LogP contribution < -0.4 is 10.2 Å². The van der Waals surface area contributed by atoms with E-state index < -0.39 is 0 Å². The molecule has 0 aromatic heterocycles. The molecule has 0 saturated carbocycles. The Hall–Kier alpha value is -3.60. The van der Waals surface area contributed by atoms with Crippen LogP contribution in [0, 0.1) is 13.8 Å². The number of carbonyl (C=O) groups is 2. The molecule has 0 spiro atoms. The number of amides is 2. The second-order valence-electron chi connectivity index (χ2n) is 7.96. The summed E-state index contributed by atoms with van der Waals surface area (Å²) in [7, 11) is 0. The highest BCUT2D eigenvalue weighted by Crippen LogP contribution is 2.21. The fourth-order valence-electron chi connectivity index (χ4n) is 3.90. The molecule has 1 saturated heterocycles. The van der Waals surface area contributed by atoms with Crippen molar-refractivity contribution in [1.29, 1.82) is 0 Å². The number of nitrogens with one attached hydrogen (secondary N) is 1. The van der Waals surface area contributed by atoms with E-state index in [1.54, 1.807) is 0 Å². The van der Waals surface area contributed by atoms with Crippen LogP contribution in [-0.2, 0) is 0 Å². The highest BCUT2D eigenvalue weighted by atomic mass is 16.2. The molecular formula is C26H27N3O2. The number of hydrogen-bond donors (Lipinski definition) is 1. The molecular weight excluding hydrogens is 386 g/mol. The summed E-state index contributed by atoms with van der Waals surface area (Å²) in [4.78, 5) is 29.4. The van der Waals surface area contributed by atoms with Gasteiger partial charge < -0.3 is 15.1 Å². The van der Waals surface area contributed by atoms with Crippen LogP contribution in [0.3, 0.4) is 0 Å². The van der Waals surface area contributed by atoms with Crippen molar-refractivity contribution in [3.8, 4) is 0 Å². The molecule has 1 heterocycles. The summed E-state index contributed by atoms with van der Waals surface area (Å²) in [6.45, 7) is 6.90. The largest absolute Gasteiger partial charge is 0.368 e. The Bertz CT molecular complexity index is 1080. The van der Waals surface area contributed by atoms with E-state index >= 15 is 0 Å². The first-order valence-corrected chi connectivity index (χ1v) is 10.6. The van der Waals surface area contributed by atoms with Crippen LogP contribution in [0.4, 0.5) is 11.4 Å². The van der Waals surface area contributed by atoms with Gasteiger partial charge in [0.05, 0.1) is 0 Å². The number of anilines is 2. The predicted octanol–water partition coefficient (Wildman–Crippen LogP) is 4.52. The maximum atomic E-state index is 12.8. The zero-order valence-corrected chi connectivity index (χ0v) is 18.0. The first-order valence-electron chi connectivity index (χ1n) is 10.6. The highest BCUT2D eigenvalue weighted by molar-refractivity contribution is 6.04. The summed E-state index contributed by atoms with van der Waals surface area (Å²) in [6.07, 6.45) is 0. The minimum Gasteiger partial charge on any atom is -0.368 e. The number of benzene rings is 3. The Morgan fingerprint density at radius 3 is 2.19 bits per heavy atom. The van der Waals surface area contributed by atoms with Gasteiger partial charge in [-0.1, -0.05) is 35.9 Å². The SMILES string of the molecule is Cc1cccc(C(=O)Nc2ccc(N3CCN(C(=O)c4ccccc4C)CC3)cc2)c1. The standard InChI is InChI=1S/C26H27N3O2/c1-19-6-5-8-21(18-19)25(30)27-22-10-12-23(13-11-22)28-14-16-29(17-15-28)26(31)24-9-4-3-7-20(24)2/h3-13,18H,14-17H2,1-2H3,(H,27,30). The van der Waals surface area contributed by atoms with Gasteiger partial charge in [-0.05, 0) is 61.9 Å². The van der Waals surface area contributed by atoms with Crippen LogP contribution in [0.5, 0.6) is 0 Å². The van der Waals surface area contributed by atoms with E-state index in [2.05, 4.69) is 10.2 Å². The molecule has 2 amide bonds. The molecule has 0 unspecified atom stereocenters. The van der Waals surface area contributed by atoms with Gasteiger partial charge in [0.15, 0.2) is 0 Å². The van der Waals surface area contributed by atoms with Crippen LogP contribution in [0.15, 0.2) is 72.8 Å². The average Bonchev–Trinajstić information content (AvgIpc) is 2.79. The van der Waals surface area contributed by atoms with E-state index in [0.29, 0.717) is 18.7 Å². The molecule has 1 aliphatic rings. The normalized spacial score (nSPS) is 13.7. The molecule has 0 radical (unpaired) electrons. The highest BCUT2D eigenvalue weighted by Gasteiger charge is 2.23. The quantitative estimate of drug-likeness (QED) is 0.684. The first-order chi connectivity index (χ1) is 15.0. The second-order valence-corrected chi connectivity index (χ2v) is 7.96. The van der Waals surface area contributed by atoms with Gasteiger partial charge in [-0.15, -0.1) is 0 Å². The minimum absolute atomic E-state index is 0.104. The van der Waals surface area contributed by atoms with Gasteiger partial charge in [0, 0.05) is 48.7 Å². The molecule has 4 rings (SSSR count). The Morgan fingerprint density at radius 2 is 1.52 bits per heavy atom. The Morgan fingerprint density at radius 1 is 0.806 bits per heavy atom. The molecule has 1 N–H and O–H groups in total. The van der Waals surface area contributed by atoms with Crippen molar-refractivity contribution in [3.05, 3.63) is 95.1 Å². The fourth-order valence-corrected chi connectivity index (χ4v) is 3.90. The van der Waals surface area contributed by atoms with Crippen LogP contribution >= 0.6 is 0 Å². The van der Waals surface area contributed by atoms with E-state index in [0.717, 1.165) is 41.2 Å². The van der Waals surface area contributed by atoms with Gasteiger partial charge in [-0.2, -0.15) is 0 Å². The van der Waals surface area contributed by atoms with Crippen molar-refractivity contribution in [2.24, 2.45) is 0 Å². The van der Waals surface area contributed by atoms with E-state index in [9.17, 15) is 9.59 Å². The third-order valence-corrected chi connectivity index (χ3v) is 5.71. The minimum atomic E-state index is -0.111. The Labute approximate surface area is 183 Å². The number of nitrogens with zero attached hydrogens (tertiary/aromatic N) is 2. The molecule has 158 valence electrons. The van der Waals surface area contributed by atoms with Crippen molar-refractivity contribution in [2.45, 2.75) is 13.8 Å². The summed E-state index contributed by atoms with van der Waals surface area (Å²) in [6, 6.07) is 23.2. The molecule has 5 nitrogen and oxygen atoms in total. The number of carbonyl (C=O) groups excluding carboxylic acids is 2. The zero-order valence-electron chi connectivity index (χ0n) is 18.0. The zero-order chi connectivity index (χ0) is 21.8. The molecule has 3 aromatic carbocycles. The van der Waals surface area contributed by atoms with Crippen molar-refractivity contribution in [3.63, 3.8) is 0 Å². The Kier molecular flexibility index (Phi) is 6.03. The average molecular weight is 414 g/mol. The summed E-state index contributed by atoms with van der Waals surface area (Å²) in [5.74, 6) is -0.00765. The maximum absolute atomic E-state index is 12.8. The molecule has 0 bridgehead atoms. The summed E-state index contributed by atoms with van der Waals surface area (Å²) < 4.78 is 0. The lowest BCUT2D eigenvalue weighted by Crippen LogP contribution is -2.48. The summed E-state index contributed by atoms with van der Waals surface area (Å²) in [5, 5.41) is 2.95. The lowest BCUT2D eigenvalue weighted by atomic mass is 10.1. The monoisotopic (exact) mass is 413 g/mol. The molecule has 0 aliphatic carbocycles. The summed E-state index contributed by atoms with van der Waals surface area (Å²) >= 11 is 0. The lowest BCUT2D eigenvalue weighted by molar-refractivity contribution is 0.0746. The van der Waals surface area contributed by atoms with Crippen molar-refractivity contribution >= 4 is 23.2 Å². The van der Waals surface area contributed by atoms with E-state index in [4.69, 9.17) is 0 Å². The van der Waals surface area contributed by atoms with Crippen LogP contribution in [0.1, 0.15) is 31.8 Å². The topological polar surface area (TPSA) is 52.7 Å². The molecule has 31 heavy (non-hydrogen) atoms. The predicted molar refractivity (Wildman–Crippen MR) is 125 cm³/mol. The van der Waals surface area contributed by atoms with Crippen molar-refractivity contribution in [2.75, 3.05) is 36.4 Å². The maximum Gasteiger partial charge on any atom is 0.255 e. The van der Waals surface area contributed by atoms with Crippen LogP contribution in [0.2, 0.25) is 0 Å². The van der Waals surface area contributed by atoms with E-state index in [1.165, 1.54) is 0 Å². The van der Waals surface area contributed by atoms with Gasteiger partial charge >= 0.3 is 0 Å². The first kappa shape index (κ1) is 20.7. The summed E-state index contributed by atoms with van der Waals surface area (Å²) in [5.41, 5.74) is 5.37. The van der Waals surface area contributed by atoms with E-state index in [1.807, 2.05) is 91.5 Å². The third-order valence-electron chi connectivity index (χ3n) is 5.71. The smallest absolute Gasteiger partial charge is 0.255 e. The van der Waals surface area contributed by atoms with Crippen LogP contribution in [0.25, 0.3) is 0 Å². The van der Waals surface area contributed by atoms with Gasteiger partial charge in [-0.3, -0.25) is 9.59 Å². The van der Waals surface area contributed by atoms with Gasteiger partial charge in [0.2, 0.25) is 0 Å². The van der Waals surface area contributed by atoms with Gasteiger partial charge in [0.25, 0.3) is 11.8 Å². The molecule has 3 aromatic rings.